The zero-order chi connectivity index (χ0) is 26.5. The molecule has 10 heteroatoms. The average Bonchev–Trinajstić information content (AvgIpc) is 3.36. The van der Waals surface area contributed by atoms with Crippen LogP contribution in [0.25, 0.3) is 11.1 Å². The van der Waals surface area contributed by atoms with Gasteiger partial charge in [0, 0.05) is 36.7 Å². The Labute approximate surface area is 225 Å². The first-order valence-corrected chi connectivity index (χ1v) is 12.7. The number of nitrogens with zero attached hydrogens (tertiary/aromatic N) is 2. The molecule has 0 saturated carbocycles. The molecular formula is C28H27ClN4O5. The van der Waals surface area contributed by atoms with E-state index < -0.39 is 0 Å². The number of nitriles is 1. The van der Waals surface area contributed by atoms with Crippen molar-refractivity contribution in [2.45, 2.75) is 32.0 Å². The molecule has 0 spiro atoms. The van der Waals surface area contributed by atoms with Crippen molar-refractivity contribution < 1.29 is 23.7 Å². The second kappa shape index (κ2) is 11.6. The second-order valence-corrected chi connectivity index (χ2v) is 9.38. The van der Waals surface area contributed by atoms with E-state index in [1.54, 1.807) is 6.07 Å². The Bertz CT molecular complexity index is 1390. The SMILES string of the molecule is COc1nc(OCc2cccc(-c3ccc4c(c3)OCCO4)c2C#N)c(Cl)cc1CNC[C@@H]1CCC(=O)N1. The summed E-state index contributed by atoms with van der Waals surface area (Å²) in [7, 11) is 1.53. The fourth-order valence-electron chi connectivity index (χ4n) is 4.56. The summed E-state index contributed by atoms with van der Waals surface area (Å²) >= 11 is 6.50. The number of rotatable bonds is 9. The summed E-state index contributed by atoms with van der Waals surface area (Å²) in [6.45, 7) is 2.21. The number of fused-ring (bicyclic) bond motifs is 1. The van der Waals surface area contributed by atoms with Crippen LogP contribution in [0.2, 0.25) is 5.02 Å². The topological polar surface area (TPSA) is 115 Å². The molecule has 2 aliphatic rings. The maximum Gasteiger partial charge on any atom is 0.236 e. The number of aromatic nitrogens is 1. The smallest absolute Gasteiger partial charge is 0.236 e. The summed E-state index contributed by atoms with van der Waals surface area (Å²) in [6.07, 6.45) is 1.37. The molecule has 0 bridgehead atoms. The lowest BCUT2D eigenvalue weighted by Gasteiger charge is -2.19. The second-order valence-electron chi connectivity index (χ2n) is 8.98. The quantitative estimate of drug-likeness (QED) is 0.423. The van der Waals surface area contributed by atoms with Gasteiger partial charge in [0.05, 0.1) is 12.7 Å². The van der Waals surface area contributed by atoms with E-state index in [9.17, 15) is 10.1 Å². The number of hydrogen-bond acceptors (Lipinski definition) is 8. The summed E-state index contributed by atoms with van der Waals surface area (Å²) in [5.74, 6) is 2.03. The number of carbonyl (C=O) groups is 1. The number of ether oxygens (including phenoxy) is 4. The fourth-order valence-corrected chi connectivity index (χ4v) is 4.79. The Morgan fingerprint density at radius 2 is 2.00 bits per heavy atom. The third-order valence-corrected chi connectivity index (χ3v) is 6.72. The number of benzene rings is 2. The van der Waals surface area contributed by atoms with Crippen LogP contribution in [0.4, 0.5) is 0 Å². The van der Waals surface area contributed by atoms with E-state index in [-0.39, 0.29) is 24.4 Å². The van der Waals surface area contributed by atoms with Crippen LogP contribution in [0.1, 0.15) is 29.5 Å². The highest BCUT2D eigenvalue weighted by Gasteiger charge is 2.21. The van der Waals surface area contributed by atoms with Gasteiger partial charge in [-0.05, 0) is 35.7 Å². The van der Waals surface area contributed by atoms with E-state index in [4.69, 9.17) is 30.5 Å². The van der Waals surface area contributed by atoms with E-state index in [1.165, 1.54) is 7.11 Å². The van der Waals surface area contributed by atoms with Crippen molar-refractivity contribution in [1.82, 2.24) is 15.6 Å². The van der Waals surface area contributed by atoms with Crippen molar-refractivity contribution in [1.29, 1.82) is 5.26 Å². The van der Waals surface area contributed by atoms with Crippen LogP contribution >= 0.6 is 11.6 Å². The van der Waals surface area contributed by atoms with Gasteiger partial charge < -0.3 is 29.6 Å². The predicted octanol–water partition coefficient (Wildman–Crippen LogP) is 4.00. The Balaban J connectivity index is 1.30. The largest absolute Gasteiger partial charge is 0.486 e. The lowest BCUT2D eigenvalue weighted by molar-refractivity contribution is -0.119. The monoisotopic (exact) mass is 534 g/mol. The van der Waals surface area contributed by atoms with Crippen LogP contribution in [-0.2, 0) is 17.9 Å². The maximum absolute atomic E-state index is 11.4. The van der Waals surface area contributed by atoms with Gasteiger partial charge in [0.2, 0.25) is 17.7 Å². The van der Waals surface area contributed by atoms with Crippen LogP contribution in [0.5, 0.6) is 23.3 Å². The van der Waals surface area contributed by atoms with Crippen molar-refractivity contribution in [3.05, 3.63) is 64.2 Å². The highest BCUT2D eigenvalue weighted by Crippen LogP contribution is 2.36. The van der Waals surface area contributed by atoms with Gasteiger partial charge in [-0.3, -0.25) is 4.79 Å². The van der Waals surface area contributed by atoms with E-state index in [0.717, 1.165) is 23.1 Å². The number of nitrogens with one attached hydrogen (secondary N) is 2. The number of hydrogen-bond donors (Lipinski definition) is 2. The summed E-state index contributed by atoms with van der Waals surface area (Å²) in [6, 6.07) is 15.4. The molecule has 2 N–H and O–H groups in total. The van der Waals surface area contributed by atoms with Crippen LogP contribution in [0, 0.1) is 11.3 Å². The molecule has 2 aromatic carbocycles. The van der Waals surface area contributed by atoms with E-state index in [0.29, 0.717) is 66.3 Å². The minimum atomic E-state index is 0.0805. The van der Waals surface area contributed by atoms with Gasteiger partial charge in [0.1, 0.15) is 30.9 Å². The van der Waals surface area contributed by atoms with Crippen LogP contribution in [0.3, 0.4) is 0 Å². The summed E-state index contributed by atoms with van der Waals surface area (Å²) in [4.78, 5) is 15.8. The van der Waals surface area contributed by atoms with E-state index in [1.807, 2.05) is 36.4 Å². The molecule has 0 radical (unpaired) electrons. The minimum absolute atomic E-state index is 0.0805. The molecule has 196 valence electrons. The van der Waals surface area contributed by atoms with Gasteiger partial charge in [-0.15, -0.1) is 0 Å². The van der Waals surface area contributed by atoms with Crippen molar-refractivity contribution in [2.75, 3.05) is 26.9 Å². The summed E-state index contributed by atoms with van der Waals surface area (Å²) in [5.41, 5.74) is 3.57. The zero-order valence-corrected chi connectivity index (χ0v) is 21.6. The molecule has 3 heterocycles. The van der Waals surface area contributed by atoms with Gasteiger partial charge in [0.15, 0.2) is 11.5 Å². The number of pyridine rings is 1. The lowest BCUT2D eigenvalue weighted by atomic mass is 9.96. The molecular weight excluding hydrogens is 508 g/mol. The third kappa shape index (κ3) is 5.62. The van der Waals surface area contributed by atoms with Gasteiger partial charge in [-0.25, -0.2) is 0 Å². The molecule has 1 atom stereocenters. The number of halogens is 1. The number of amides is 1. The average molecular weight is 535 g/mol. The van der Waals surface area contributed by atoms with Gasteiger partial charge in [-0.1, -0.05) is 35.9 Å². The molecule has 1 aromatic heterocycles. The zero-order valence-electron chi connectivity index (χ0n) is 20.9. The highest BCUT2D eigenvalue weighted by molar-refractivity contribution is 6.31. The molecule has 0 aliphatic carbocycles. The molecule has 0 unspecified atom stereocenters. The van der Waals surface area contributed by atoms with Crippen LogP contribution in [-0.4, -0.2) is 43.8 Å². The number of methoxy groups -OCH3 is 1. The van der Waals surface area contributed by atoms with E-state index >= 15 is 0 Å². The van der Waals surface area contributed by atoms with Gasteiger partial charge in [0.25, 0.3) is 0 Å². The first-order chi connectivity index (χ1) is 18.6. The Morgan fingerprint density at radius 1 is 1.16 bits per heavy atom. The number of carbonyl (C=O) groups excluding carboxylic acids is 1. The molecule has 1 fully saturated rings. The maximum atomic E-state index is 11.4. The molecule has 9 nitrogen and oxygen atoms in total. The minimum Gasteiger partial charge on any atom is -0.486 e. The highest BCUT2D eigenvalue weighted by atomic mass is 35.5. The van der Waals surface area contributed by atoms with Crippen molar-refractivity contribution in [3.63, 3.8) is 0 Å². The Morgan fingerprint density at radius 3 is 2.76 bits per heavy atom. The summed E-state index contributed by atoms with van der Waals surface area (Å²) in [5, 5.41) is 16.6. The van der Waals surface area contributed by atoms with E-state index in [2.05, 4.69) is 21.7 Å². The van der Waals surface area contributed by atoms with Crippen LogP contribution in [0.15, 0.2) is 42.5 Å². The Kier molecular flexibility index (Phi) is 7.82. The van der Waals surface area contributed by atoms with Gasteiger partial charge in [-0.2, -0.15) is 10.2 Å². The predicted molar refractivity (Wildman–Crippen MR) is 141 cm³/mol. The normalized spacial score (nSPS) is 16.0. The molecule has 2 aliphatic heterocycles. The molecule has 3 aromatic rings. The summed E-state index contributed by atoms with van der Waals surface area (Å²) < 4.78 is 22.7. The third-order valence-electron chi connectivity index (χ3n) is 6.45. The molecule has 5 rings (SSSR count). The van der Waals surface area contributed by atoms with Crippen molar-refractivity contribution in [2.24, 2.45) is 0 Å². The Hall–Kier alpha value is -4.00. The first kappa shape index (κ1) is 25.6. The first-order valence-electron chi connectivity index (χ1n) is 12.3. The molecule has 38 heavy (non-hydrogen) atoms. The standard InChI is InChI=1S/C28H27ClN4O5/c1-35-27-19(14-31-15-20-6-8-26(34)32-20)11-23(29)28(33-27)38-16-18-3-2-4-21(22(18)13-30)17-5-7-24-25(12-17)37-10-9-36-24/h2-5,7,11-12,20,31H,6,8-10,14-16H2,1H3,(H,32,34)/t20-/m0/s1. The van der Waals surface area contributed by atoms with Crippen molar-refractivity contribution in [3.8, 4) is 40.5 Å². The fraction of sp³-hybridized carbons (Fsp3) is 0.321. The van der Waals surface area contributed by atoms with Crippen molar-refractivity contribution >= 4 is 17.5 Å². The molecule has 1 amide bonds. The van der Waals surface area contributed by atoms with Crippen LogP contribution < -0.4 is 29.6 Å². The lowest BCUT2D eigenvalue weighted by Crippen LogP contribution is -2.35. The van der Waals surface area contributed by atoms with Gasteiger partial charge >= 0.3 is 0 Å². The molecule has 1 saturated heterocycles.